The van der Waals surface area contributed by atoms with Gasteiger partial charge in [-0.1, -0.05) is 166 Å². The molecule has 0 atom stereocenters. The summed E-state index contributed by atoms with van der Waals surface area (Å²) in [5.41, 5.74) is 1.69. The van der Waals surface area contributed by atoms with Crippen molar-refractivity contribution in [3.8, 4) is 0 Å². The van der Waals surface area contributed by atoms with Crippen molar-refractivity contribution in [2.45, 2.75) is 75.8 Å². The fourth-order valence-electron chi connectivity index (χ4n) is 6.43. The van der Waals surface area contributed by atoms with Gasteiger partial charge in [0.2, 0.25) is 0 Å². The second-order valence-corrected chi connectivity index (χ2v) is 12.1. The minimum atomic E-state index is -0.541. The van der Waals surface area contributed by atoms with E-state index in [4.69, 9.17) is 0 Å². The molecule has 0 N–H and O–H groups in total. The Morgan fingerprint density at radius 3 is 1.44 bits per heavy atom. The predicted molar refractivity (Wildman–Crippen MR) is 144 cm³/mol. The molecule has 0 amide bonds. The first kappa shape index (κ1) is 22.0. The Balaban J connectivity index is 1.62. The summed E-state index contributed by atoms with van der Waals surface area (Å²) < 4.78 is 0. The second-order valence-electron chi connectivity index (χ2n) is 9.89. The van der Waals surface area contributed by atoms with Crippen molar-refractivity contribution >= 4 is 36.0 Å². The van der Waals surface area contributed by atoms with Crippen molar-refractivity contribution in [2.75, 3.05) is 0 Å². The standard InChI is InChI=1S/C30H36BP/c1-5-15-25(16-6-1)31(26-17-7-2-8-18-26)29-23-13-14-24-30(29)32(27-19-9-3-10-20-27)28-21-11-4-12-22-28/h3-4,9-14,19-26H,1-2,5-8,15-18H2. The molecule has 0 bridgehead atoms. The van der Waals surface area contributed by atoms with Gasteiger partial charge in [0.1, 0.15) is 0 Å². The van der Waals surface area contributed by atoms with E-state index in [1.54, 1.807) is 10.8 Å². The summed E-state index contributed by atoms with van der Waals surface area (Å²) >= 11 is 0. The molecule has 2 fully saturated rings. The van der Waals surface area contributed by atoms with Crippen LogP contribution in [0.4, 0.5) is 0 Å². The highest BCUT2D eigenvalue weighted by Crippen LogP contribution is 2.42. The Labute approximate surface area is 196 Å². The van der Waals surface area contributed by atoms with Gasteiger partial charge in [-0.3, -0.25) is 0 Å². The monoisotopic (exact) mass is 438 g/mol. The van der Waals surface area contributed by atoms with Crippen LogP contribution < -0.4 is 21.4 Å². The molecule has 0 heterocycles. The molecule has 5 rings (SSSR count). The van der Waals surface area contributed by atoms with Gasteiger partial charge in [0.15, 0.2) is 6.71 Å². The Morgan fingerprint density at radius 1 is 0.500 bits per heavy atom. The Morgan fingerprint density at radius 2 is 0.938 bits per heavy atom. The van der Waals surface area contributed by atoms with Crippen LogP contribution >= 0.6 is 7.92 Å². The first-order valence-corrected chi connectivity index (χ1v) is 14.2. The molecule has 2 heteroatoms. The molecule has 2 aliphatic carbocycles. The van der Waals surface area contributed by atoms with Crippen LogP contribution in [0.1, 0.15) is 64.2 Å². The van der Waals surface area contributed by atoms with E-state index in [-0.39, 0.29) is 0 Å². The SMILES string of the molecule is c1ccc(P(c2ccccc2)c2ccccc2B(C2CCCCC2)C2CCCCC2)cc1. The molecule has 0 unspecified atom stereocenters. The van der Waals surface area contributed by atoms with E-state index in [0.29, 0.717) is 0 Å². The fourth-order valence-corrected chi connectivity index (χ4v) is 8.95. The molecule has 3 aromatic carbocycles. The van der Waals surface area contributed by atoms with Crippen molar-refractivity contribution in [3.63, 3.8) is 0 Å². The smallest absolute Gasteiger partial charge is 0.0713 e. The third kappa shape index (κ3) is 4.89. The third-order valence-corrected chi connectivity index (χ3v) is 10.4. The van der Waals surface area contributed by atoms with E-state index in [9.17, 15) is 0 Å². The van der Waals surface area contributed by atoms with Gasteiger partial charge in [0.25, 0.3) is 0 Å². The maximum atomic E-state index is 2.52. The molecule has 0 aromatic heterocycles. The van der Waals surface area contributed by atoms with E-state index in [0.717, 1.165) is 18.3 Å². The van der Waals surface area contributed by atoms with Crippen LogP contribution in [-0.4, -0.2) is 6.71 Å². The largest absolute Gasteiger partial charge is 0.183 e. The summed E-state index contributed by atoms with van der Waals surface area (Å²) in [4.78, 5) is 0. The lowest BCUT2D eigenvalue weighted by atomic mass is 9.27. The number of rotatable bonds is 6. The van der Waals surface area contributed by atoms with E-state index >= 15 is 0 Å². The summed E-state index contributed by atoms with van der Waals surface area (Å²) in [6.07, 6.45) is 14.4. The average Bonchev–Trinajstić information content (AvgIpc) is 2.88. The molecule has 0 saturated heterocycles. The van der Waals surface area contributed by atoms with Gasteiger partial charge in [0.05, 0.1) is 0 Å². The Kier molecular flexibility index (Phi) is 7.45. The molecular weight excluding hydrogens is 402 g/mol. The zero-order valence-electron chi connectivity index (χ0n) is 19.3. The molecule has 0 spiro atoms. The van der Waals surface area contributed by atoms with Gasteiger partial charge in [0, 0.05) is 0 Å². The van der Waals surface area contributed by atoms with Crippen molar-refractivity contribution < 1.29 is 0 Å². The highest BCUT2D eigenvalue weighted by Gasteiger charge is 2.38. The van der Waals surface area contributed by atoms with Crippen molar-refractivity contribution in [2.24, 2.45) is 0 Å². The van der Waals surface area contributed by atoms with Crippen LogP contribution in [0.5, 0.6) is 0 Å². The maximum absolute atomic E-state index is 2.52. The van der Waals surface area contributed by atoms with E-state index < -0.39 is 7.92 Å². The highest BCUT2D eigenvalue weighted by molar-refractivity contribution is 7.80. The average molecular weight is 438 g/mol. The van der Waals surface area contributed by atoms with Gasteiger partial charge in [-0.15, -0.1) is 0 Å². The van der Waals surface area contributed by atoms with Crippen LogP contribution in [0.2, 0.25) is 11.6 Å². The molecule has 2 aliphatic rings. The quantitative estimate of drug-likeness (QED) is 0.293. The second kappa shape index (κ2) is 10.8. The highest BCUT2D eigenvalue weighted by atomic mass is 31.1. The van der Waals surface area contributed by atoms with E-state index in [2.05, 4.69) is 84.9 Å². The summed E-state index contributed by atoms with van der Waals surface area (Å²) in [7, 11) is -0.541. The first-order chi connectivity index (χ1) is 15.9. The molecule has 32 heavy (non-hydrogen) atoms. The zero-order chi connectivity index (χ0) is 21.6. The number of benzene rings is 3. The minimum Gasteiger partial charge on any atom is -0.0713 e. The summed E-state index contributed by atoms with van der Waals surface area (Å²) in [5, 5.41) is 4.57. The Hall–Kier alpha value is -1.85. The van der Waals surface area contributed by atoms with E-state index in [1.165, 1.54) is 74.8 Å². The first-order valence-electron chi connectivity index (χ1n) is 12.9. The lowest BCUT2D eigenvalue weighted by molar-refractivity contribution is 0.465. The summed E-state index contributed by atoms with van der Waals surface area (Å²) in [5.74, 6) is 1.74. The lowest BCUT2D eigenvalue weighted by Crippen LogP contribution is -2.48. The zero-order valence-corrected chi connectivity index (χ0v) is 20.2. The lowest BCUT2D eigenvalue weighted by Gasteiger charge is -2.37. The third-order valence-electron chi connectivity index (χ3n) is 7.88. The topological polar surface area (TPSA) is 0 Å². The fraction of sp³-hybridized carbons (Fsp3) is 0.400. The minimum absolute atomic E-state index is 0.541. The van der Waals surface area contributed by atoms with Crippen LogP contribution in [-0.2, 0) is 0 Å². The molecule has 0 radical (unpaired) electrons. The summed E-state index contributed by atoms with van der Waals surface area (Å²) in [6, 6.07) is 32.2. The van der Waals surface area contributed by atoms with Gasteiger partial charge in [-0.25, -0.2) is 0 Å². The molecule has 0 nitrogen and oxygen atoms in total. The van der Waals surface area contributed by atoms with Crippen molar-refractivity contribution in [1.29, 1.82) is 0 Å². The number of hydrogen-bond donors (Lipinski definition) is 0. The molecule has 0 aliphatic heterocycles. The van der Waals surface area contributed by atoms with Crippen LogP contribution in [0.3, 0.4) is 0 Å². The van der Waals surface area contributed by atoms with Crippen LogP contribution in [0.15, 0.2) is 84.9 Å². The Bertz CT molecular complexity index is 901. The molecule has 2 saturated carbocycles. The number of hydrogen-bond acceptors (Lipinski definition) is 0. The molecule has 164 valence electrons. The molecular formula is C30H36BP. The van der Waals surface area contributed by atoms with Crippen molar-refractivity contribution in [3.05, 3.63) is 84.9 Å². The van der Waals surface area contributed by atoms with Crippen molar-refractivity contribution in [1.82, 2.24) is 0 Å². The van der Waals surface area contributed by atoms with Gasteiger partial charge in [-0.05, 0) is 23.8 Å². The molecule has 3 aromatic rings. The maximum Gasteiger partial charge on any atom is 0.183 e. The van der Waals surface area contributed by atoms with E-state index in [1.807, 2.05) is 0 Å². The van der Waals surface area contributed by atoms with Crippen LogP contribution in [0.25, 0.3) is 0 Å². The van der Waals surface area contributed by atoms with Crippen LogP contribution in [0, 0.1) is 0 Å². The normalized spacial score (nSPS) is 18.0. The predicted octanol–water partition coefficient (Wildman–Crippen LogP) is 6.82. The summed E-state index contributed by atoms with van der Waals surface area (Å²) in [6.45, 7) is 0.740. The van der Waals surface area contributed by atoms with Gasteiger partial charge >= 0.3 is 0 Å². The van der Waals surface area contributed by atoms with Gasteiger partial charge in [-0.2, -0.15) is 0 Å². The van der Waals surface area contributed by atoms with Gasteiger partial charge < -0.3 is 0 Å².